The molecule has 1 unspecified atom stereocenters. The number of fused-ring (bicyclic) bond motifs is 2. The van der Waals surface area contributed by atoms with E-state index < -0.39 is 11.1 Å². The topological polar surface area (TPSA) is 136 Å². The van der Waals surface area contributed by atoms with Crippen LogP contribution in [0.4, 0.5) is 28.8 Å². The summed E-state index contributed by atoms with van der Waals surface area (Å²) in [6, 6.07) is 8.14. The maximum Gasteiger partial charge on any atom is 0.270 e. The summed E-state index contributed by atoms with van der Waals surface area (Å²) in [7, 11) is 3.55. The van der Waals surface area contributed by atoms with Crippen molar-refractivity contribution in [3.8, 4) is 0 Å². The van der Waals surface area contributed by atoms with Crippen molar-refractivity contribution in [1.82, 2.24) is 16.1 Å². The monoisotopic (exact) mass is 417 g/mol. The zero-order valence-corrected chi connectivity index (χ0v) is 16.7. The van der Waals surface area contributed by atoms with Crippen LogP contribution in [0, 0.1) is 0 Å². The van der Waals surface area contributed by atoms with E-state index in [1.165, 1.54) is 28.4 Å². The number of carbonyl (C=O) groups excluding carboxylic acids is 1. The molecule has 0 bridgehead atoms. The molecule has 0 saturated carbocycles. The van der Waals surface area contributed by atoms with Gasteiger partial charge in [0.2, 0.25) is 5.95 Å². The molecule has 1 aromatic carbocycles. The molecule has 3 aromatic rings. The van der Waals surface area contributed by atoms with Crippen molar-refractivity contribution in [3.63, 3.8) is 0 Å². The van der Waals surface area contributed by atoms with E-state index >= 15 is 0 Å². The minimum atomic E-state index is -2.27. The fraction of sp³-hybridized carbons (Fsp3) is 0.118. The van der Waals surface area contributed by atoms with Crippen molar-refractivity contribution in [2.75, 3.05) is 29.2 Å². The molecular weight excluding hydrogens is 400 g/mol. The first-order chi connectivity index (χ1) is 13.0. The van der Waals surface area contributed by atoms with E-state index in [-0.39, 0.29) is 17.0 Å². The van der Waals surface area contributed by atoms with Gasteiger partial charge in [-0.3, -0.25) is 9.00 Å². The van der Waals surface area contributed by atoms with Crippen LogP contribution in [0.15, 0.2) is 46.8 Å². The van der Waals surface area contributed by atoms with Gasteiger partial charge >= 0.3 is 0 Å². The number of aromatic nitrogens is 2. The molecule has 4 rings (SSSR count). The van der Waals surface area contributed by atoms with E-state index in [0.29, 0.717) is 28.0 Å². The number of hydrogen-bond donors (Lipinski definition) is 2. The predicted molar refractivity (Wildman–Crippen MR) is 109 cm³/mol. The van der Waals surface area contributed by atoms with Crippen LogP contribution in [-0.2, 0) is 11.1 Å². The Kier molecular flexibility index (Phi) is 5.42. The number of nitrogens with one attached hydrogen (secondary N) is 1. The summed E-state index contributed by atoms with van der Waals surface area (Å²) >= 11 is -0.881. The first kappa shape index (κ1) is 19.9. The van der Waals surface area contributed by atoms with Gasteiger partial charge in [-0.05, 0) is 46.8 Å². The number of amides is 1. The van der Waals surface area contributed by atoms with Crippen LogP contribution in [0.5, 0.6) is 0 Å². The van der Waals surface area contributed by atoms with E-state index in [2.05, 4.69) is 15.3 Å². The molecule has 28 heavy (non-hydrogen) atoms. The van der Waals surface area contributed by atoms with Crippen molar-refractivity contribution in [2.45, 2.75) is 4.90 Å². The Hall–Kier alpha value is -2.86. The van der Waals surface area contributed by atoms with Crippen LogP contribution in [-0.4, -0.2) is 38.7 Å². The lowest BCUT2D eigenvalue weighted by Gasteiger charge is -2.20. The van der Waals surface area contributed by atoms with Gasteiger partial charge < -0.3 is 25.8 Å². The average Bonchev–Trinajstić information content (AvgIpc) is 3.14. The molecule has 0 aliphatic carbocycles. The lowest BCUT2D eigenvalue weighted by atomic mass is 10.3. The summed E-state index contributed by atoms with van der Waals surface area (Å²) in [6.07, 6.45) is 1.59. The molecular formula is C17H17N6O3S2-. The highest BCUT2D eigenvalue weighted by Gasteiger charge is 2.30. The van der Waals surface area contributed by atoms with Gasteiger partial charge in [0.1, 0.15) is 10.6 Å². The third kappa shape index (κ3) is 3.36. The zero-order valence-electron chi connectivity index (χ0n) is 15.1. The Labute approximate surface area is 167 Å². The molecule has 2 aromatic heterocycles. The minimum Gasteiger partial charge on any atom is -0.768 e. The first-order valence-electron chi connectivity index (χ1n) is 7.88. The largest absolute Gasteiger partial charge is 0.768 e. The number of benzene rings is 1. The summed E-state index contributed by atoms with van der Waals surface area (Å²) in [5.41, 5.74) is 2.05. The van der Waals surface area contributed by atoms with E-state index in [1.807, 2.05) is 23.4 Å². The van der Waals surface area contributed by atoms with E-state index in [0.717, 1.165) is 5.69 Å². The van der Waals surface area contributed by atoms with Gasteiger partial charge in [-0.2, -0.15) is 4.98 Å². The molecule has 146 valence electrons. The van der Waals surface area contributed by atoms with Gasteiger partial charge in [0.15, 0.2) is 5.82 Å². The Morgan fingerprint density at radius 1 is 1.11 bits per heavy atom. The van der Waals surface area contributed by atoms with Crippen molar-refractivity contribution in [2.24, 2.45) is 0 Å². The highest BCUT2D eigenvalue weighted by Crippen LogP contribution is 2.40. The van der Waals surface area contributed by atoms with E-state index in [1.54, 1.807) is 25.4 Å². The van der Waals surface area contributed by atoms with Gasteiger partial charge in [-0.25, -0.2) is 4.98 Å². The lowest BCUT2D eigenvalue weighted by Crippen LogP contribution is -2.25. The average molecular weight is 417 g/mol. The summed E-state index contributed by atoms with van der Waals surface area (Å²) in [5.74, 6) is 0.838. The molecule has 0 fully saturated rings. The second-order valence-corrected chi connectivity index (χ2v) is 7.70. The number of hydrogen-bond acceptors (Lipinski definition) is 9. The van der Waals surface area contributed by atoms with Gasteiger partial charge in [0, 0.05) is 24.7 Å². The summed E-state index contributed by atoms with van der Waals surface area (Å²) in [6.45, 7) is 0. The fourth-order valence-corrected chi connectivity index (χ4v) is 4.05. The quantitative estimate of drug-likeness (QED) is 0.621. The molecule has 9 nitrogen and oxygen atoms in total. The Morgan fingerprint density at radius 3 is 2.50 bits per heavy atom. The molecule has 4 N–H and O–H groups in total. The normalized spacial score (nSPS) is 13.9. The minimum absolute atomic E-state index is 0. The van der Waals surface area contributed by atoms with Gasteiger partial charge in [-0.1, -0.05) is 0 Å². The molecule has 11 heteroatoms. The molecule has 1 atom stereocenters. The summed E-state index contributed by atoms with van der Waals surface area (Å²) < 4.78 is 21.9. The standard InChI is InChI=1S/C17H15N5O3S2.H3N/c1-21-12-7-8-26-14(12)16(23)22(2)13-9-18-17(20-15(13)21)19-10-3-5-11(6-4-10)27(24)25;/h3-9H,1-2H3,(H,24,25)(H,18,19,20);1H3/p-1. The fourth-order valence-electron chi connectivity index (χ4n) is 2.79. The molecule has 1 aliphatic heterocycles. The van der Waals surface area contributed by atoms with E-state index in [9.17, 15) is 13.6 Å². The molecule has 3 heterocycles. The zero-order chi connectivity index (χ0) is 19.1. The predicted octanol–water partition coefficient (Wildman–Crippen LogP) is 3.04. The maximum atomic E-state index is 12.7. The highest BCUT2D eigenvalue weighted by molar-refractivity contribution is 7.79. The van der Waals surface area contributed by atoms with Gasteiger partial charge in [0.25, 0.3) is 5.91 Å². The molecule has 0 spiro atoms. The van der Waals surface area contributed by atoms with Crippen LogP contribution < -0.4 is 21.3 Å². The maximum absolute atomic E-state index is 12.7. The second-order valence-electron chi connectivity index (χ2n) is 5.84. The van der Waals surface area contributed by atoms with Crippen LogP contribution in [0.1, 0.15) is 9.67 Å². The summed E-state index contributed by atoms with van der Waals surface area (Å²) in [5, 5.41) is 4.93. The van der Waals surface area contributed by atoms with Crippen molar-refractivity contribution in [1.29, 1.82) is 0 Å². The first-order valence-corrected chi connectivity index (χ1v) is 9.84. The van der Waals surface area contributed by atoms with Crippen LogP contribution >= 0.6 is 11.3 Å². The number of thiophene rings is 1. The molecule has 0 saturated heterocycles. The Bertz CT molecular complexity index is 1050. The number of nitrogens with zero attached hydrogens (tertiary/aromatic N) is 4. The second kappa shape index (κ2) is 7.64. The Morgan fingerprint density at radius 2 is 1.82 bits per heavy atom. The SMILES string of the molecule is CN1C(=O)c2sccc2N(C)c2nc(Nc3ccc(S(=O)[O-])cc3)ncc21.N. The third-order valence-corrected chi connectivity index (χ3v) is 5.79. The van der Waals surface area contributed by atoms with E-state index in [4.69, 9.17) is 0 Å². The molecule has 1 amide bonds. The number of rotatable bonds is 3. The number of anilines is 5. The van der Waals surface area contributed by atoms with Gasteiger partial charge in [-0.15, -0.1) is 11.3 Å². The highest BCUT2D eigenvalue weighted by atomic mass is 32.2. The van der Waals surface area contributed by atoms with Crippen molar-refractivity contribution in [3.05, 3.63) is 46.8 Å². The molecule has 1 aliphatic rings. The molecule has 0 radical (unpaired) electrons. The third-order valence-electron chi connectivity index (χ3n) is 4.24. The van der Waals surface area contributed by atoms with Crippen molar-refractivity contribution < 1.29 is 13.6 Å². The Balaban J connectivity index is 0.00000225. The van der Waals surface area contributed by atoms with Crippen LogP contribution in [0.2, 0.25) is 0 Å². The van der Waals surface area contributed by atoms with Gasteiger partial charge in [0.05, 0.1) is 11.9 Å². The summed E-state index contributed by atoms with van der Waals surface area (Å²) in [4.78, 5) is 25.8. The van der Waals surface area contributed by atoms with Crippen LogP contribution in [0.3, 0.4) is 0 Å². The smallest absolute Gasteiger partial charge is 0.270 e. The number of carbonyl (C=O) groups is 1. The van der Waals surface area contributed by atoms with Crippen molar-refractivity contribution >= 4 is 57.2 Å². The lowest BCUT2D eigenvalue weighted by molar-refractivity contribution is 0.0998. The van der Waals surface area contributed by atoms with Crippen LogP contribution in [0.25, 0.3) is 0 Å².